The molecule has 0 radical (unpaired) electrons. The van der Waals surface area contributed by atoms with Gasteiger partial charge in [-0.1, -0.05) is 19.9 Å². The average Bonchev–Trinajstić information content (AvgIpc) is 2.28. The zero-order chi connectivity index (χ0) is 13.0. The normalized spacial score (nSPS) is 13.1. The highest BCUT2D eigenvalue weighted by Gasteiger charge is 2.14. The van der Waals surface area contributed by atoms with Gasteiger partial charge in [-0.05, 0) is 50.6 Å². The zero-order valence-electron chi connectivity index (χ0n) is 11.7. The van der Waals surface area contributed by atoms with Gasteiger partial charge in [-0.25, -0.2) is 0 Å². The van der Waals surface area contributed by atoms with Crippen LogP contribution in [0.15, 0.2) is 24.9 Å². The molecule has 0 N–H and O–H groups in total. The standard InChI is InChI=1S/C15H24N2/c1-7-8-13-9-15(11(2)3)16-10-14(13)12(4)17(5)6/h7,9-12H,1,8H2,2-6H3. The van der Waals surface area contributed by atoms with E-state index < -0.39 is 0 Å². The third-order valence-corrected chi connectivity index (χ3v) is 3.23. The van der Waals surface area contributed by atoms with Crippen LogP contribution < -0.4 is 0 Å². The van der Waals surface area contributed by atoms with E-state index in [4.69, 9.17) is 0 Å². The Morgan fingerprint density at radius 2 is 2.00 bits per heavy atom. The Hall–Kier alpha value is -1.15. The fraction of sp³-hybridized carbons (Fsp3) is 0.533. The maximum absolute atomic E-state index is 4.56. The van der Waals surface area contributed by atoms with E-state index in [0.29, 0.717) is 12.0 Å². The summed E-state index contributed by atoms with van der Waals surface area (Å²) in [5.74, 6) is 0.474. The van der Waals surface area contributed by atoms with Gasteiger partial charge in [0.2, 0.25) is 0 Å². The number of hydrogen-bond donors (Lipinski definition) is 0. The summed E-state index contributed by atoms with van der Waals surface area (Å²) >= 11 is 0. The molecule has 0 aliphatic heterocycles. The van der Waals surface area contributed by atoms with Gasteiger partial charge in [-0.3, -0.25) is 4.98 Å². The Morgan fingerprint density at radius 1 is 1.35 bits per heavy atom. The van der Waals surface area contributed by atoms with Crippen LogP contribution in [-0.2, 0) is 6.42 Å². The van der Waals surface area contributed by atoms with Gasteiger partial charge in [0.05, 0.1) is 0 Å². The van der Waals surface area contributed by atoms with Crippen molar-refractivity contribution in [3.63, 3.8) is 0 Å². The minimum absolute atomic E-state index is 0.388. The number of nitrogens with zero attached hydrogens (tertiary/aromatic N) is 2. The van der Waals surface area contributed by atoms with Crippen LogP contribution in [0.1, 0.15) is 49.6 Å². The Morgan fingerprint density at radius 3 is 2.47 bits per heavy atom. The minimum Gasteiger partial charge on any atom is -0.303 e. The Kier molecular flexibility index (Phi) is 4.88. The lowest BCUT2D eigenvalue weighted by Crippen LogP contribution is -2.18. The van der Waals surface area contributed by atoms with Gasteiger partial charge in [0.15, 0.2) is 0 Å². The van der Waals surface area contributed by atoms with Crippen molar-refractivity contribution in [3.8, 4) is 0 Å². The fourth-order valence-electron chi connectivity index (χ4n) is 1.83. The van der Waals surface area contributed by atoms with Crippen molar-refractivity contribution >= 4 is 0 Å². The van der Waals surface area contributed by atoms with E-state index in [1.807, 2.05) is 12.3 Å². The first-order valence-electron chi connectivity index (χ1n) is 6.23. The smallest absolute Gasteiger partial charge is 0.0432 e. The predicted molar refractivity (Wildman–Crippen MR) is 74.3 cm³/mol. The van der Waals surface area contributed by atoms with E-state index in [-0.39, 0.29) is 0 Å². The highest BCUT2D eigenvalue weighted by Crippen LogP contribution is 2.24. The molecule has 2 heteroatoms. The molecule has 0 aromatic carbocycles. The third kappa shape index (κ3) is 3.40. The van der Waals surface area contributed by atoms with Gasteiger partial charge in [0.25, 0.3) is 0 Å². The molecule has 0 fully saturated rings. The first kappa shape index (κ1) is 13.9. The molecule has 0 aliphatic carbocycles. The monoisotopic (exact) mass is 232 g/mol. The van der Waals surface area contributed by atoms with Crippen molar-refractivity contribution in [2.45, 2.75) is 39.2 Å². The molecule has 2 nitrogen and oxygen atoms in total. The van der Waals surface area contributed by atoms with Crippen molar-refractivity contribution in [2.75, 3.05) is 14.1 Å². The lowest BCUT2D eigenvalue weighted by atomic mass is 9.97. The molecule has 0 saturated heterocycles. The first-order valence-corrected chi connectivity index (χ1v) is 6.23. The molecule has 94 valence electrons. The molecule has 1 aromatic rings. The fourth-order valence-corrected chi connectivity index (χ4v) is 1.83. The summed E-state index contributed by atoms with van der Waals surface area (Å²) in [5.41, 5.74) is 3.82. The number of hydrogen-bond acceptors (Lipinski definition) is 2. The zero-order valence-corrected chi connectivity index (χ0v) is 11.7. The maximum Gasteiger partial charge on any atom is 0.0432 e. The highest BCUT2D eigenvalue weighted by atomic mass is 15.1. The molecule has 0 amide bonds. The van der Waals surface area contributed by atoms with Crippen molar-refractivity contribution in [1.82, 2.24) is 9.88 Å². The van der Waals surface area contributed by atoms with E-state index in [9.17, 15) is 0 Å². The summed E-state index contributed by atoms with van der Waals surface area (Å²) in [5, 5.41) is 0. The van der Waals surface area contributed by atoms with Gasteiger partial charge >= 0.3 is 0 Å². The molecule has 1 rings (SSSR count). The molecule has 17 heavy (non-hydrogen) atoms. The molecular weight excluding hydrogens is 208 g/mol. The van der Waals surface area contributed by atoms with Crippen molar-refractivity contribution in [1.29, 1.82) is 0 Å². The molecule has 1 atom stereocenters. The largest absolute Gasteiger partial charge is 0.303 e. The summed E-state index contributed by atoms with van der Waals surface area (Å²) in [6, 6.07) is 2.61. The second-order valence-corrected chi connectivity index (χ2v) is 5.10. The second kappa shape index (κ2) is 5.97. The number of rotatable bonds is 5. The summed E-state index contributed by atoms with van der Waals surface area (Å²) < 4.78 is 0. The molecule has 1 aromatic heterocycles. The van der Waals surface area contributed by atoms with Crippen molar-refractivity contribution in [2.24, 2.45) is 0 Å². The van der Waals surface area contributed by atoms with Crippen LogP contribution in [0.3, 0.4) is 0 Å². The van der Waals surface area contributed by atoms with Gasteiger partial charge in [-0.2, -0.15) is 0 Å². The second-order valence-electron chi connectivity index (χ2n) is 5.10. The highest BCUT2D eigenvalue weighted by molar-refractivity contribution is 5.31. The van der Waals surface area contributed by atoms with Gasteiger partial charge in [0.1, 0.15) is 0 Å². The molecule has 1 unspecified atom stereocenters. The van der Waals surface area contributed by atoms with Crippen LogP contribution in [0.5, 0.6) is 0 Å². The van der Waals surface area contributed by atoms with Crippen LogP contribution in [-0.4, -0.2) is 24.0 Å². The van der Waals surface area contributed by atoms with Gasteiger partial charge in [0, 0.05) is 17.9 Å². The molecule has 0 saturated carbocycles. The quantitative estimate of drug-likeness (QED) is 0.722. The lowest BCUT2D eigenvalue weighted by molar-refractivity contribution is 0.319. The summed E-state index contributed by atoms with van der Waals surface area (Å²) in [6.45, 7) is 10.4. The van der Waals surface area contributed by atoms with E-state index >= 15 is 0 Å². The lowest BCUT2D eigenvalue weighted by Gasteiger charge is -2.23. The molecular formula is C15H24N2. The Labute approximate surface area is 105 Å². The number of allylic oxidation sites excluding steroid dienone is 1. The van der Waals surface area contributed by atoms with E-state index in [1.165, 1.54) is 11.1 Å². The topological polar surface area (TPSA) is 16.1 Å². The third-order valence-electron chi connectivity index (χ3n) is 3.23. The number of aromatic nitrogens is 1. The maximum atomic E-state index is 4.56. The summed E-state index contributed by atoms with van der Waals surface area (Å²) in [6.07, 6.45) is 4.90. The van der Waals surface area contributed by atoms with E-state index in [2.05, 4.69) is 57.4 Å². The van der Waals surface area contributed by atoms with Gasteiger partial charge in [-0.15, -0.1) is 6.58 Å². The van der Waals surface area contributed by atoms with E-state index in [1.54, 1.807) is 0 Å². The minimum atomic E-state index is 0.388. The number of pyridine rings is 1. The van der Waals surface area contributed by atoms with Crippen molar-refractivity contribution < 1.29 is 0 Å². The van der Waals surface area contributed by atoms with Crippen LogP contribution in [0.2, 0.25) is 0 Å². The van der Waals surface area contributed by atoms with Crippen LogP contribution >= 0.6 is 0 Å². The molecule has 0 spiro atoms. The van der Waals surface area contributed by atoms with Crippen molar-refractivity contribution in [3.05, 3.63) is 41.7 Å². The van der Waals surface area contributed by atoms with E-state index in [0.717, 1.165) is 12.1 Å². The Bertz CT molecular complexity index is 381. The molecule has 0 aliphatic rings. The molecule has 0 bridgehead atoms. The summed E-state index contributed by atoms with van der Waals surface area (Å²) in [4.78, 5) is 6.77. The van der Waals surface area contributed by atoms with Crippen LogP contribution in [0.4, 0.5) is 0 Å². The van der Waals surface area contributed by atoms with Crippen LogP contribution in [0.25, 0.3) is 0 Å². The van der Waals surface area contributed by atoms with Crippen LogP contribution in [0, 0.1) is 0 Å². The van der Waals surface area contributed by atoms with Gasteiger partial charge < -0.3 is 4.90 Å². The predicted octanol–water partition coefficient (Wildman–Crippen LogP) is 3.56. The Balaban J connectivity index is 3.16. The SMILES string of the molecule is C=CCc1cc(C(C)C)ncc1C(C)N(C)C. The average molecular weight is 232 g/mol. The first-order chi connectivity index (χ1) is 7.97. The molecule has 1 heterocycles. The summed E-state index contributed by atoms with van der Waals surface area (Å²) in [7, 11) is 4.19.